The molecular weight excluding hydrogens is 289 g/mol. The van der Waals surface area contributed by atoms with Gasteiger partial charge in [-0.2, -0.15) is 6.26 Å². The van der Waals surface area contributed by atoms with Crippen LogP contribution in [0.2, 0.25) is 0 Å². The summed E-state index contributed by atoms with van der Waals surface area (Å²) in [6, 6.07) is 12.0. The van der Waals surface area contributed by atoms with Gasteiger partial charge in [-0.3, -0.25) is 0 Å². The number of nitrogens with zero attached hydrogens (tertiary/aromatic N) is 1. The third-order valence-electron chi connectivity index (χ3n) is 3.36. The van der Waals surface area contributed by atoms with Crippen LogP contribution in [0.25, 0.3) is 0 Å². The number of rotatable bonds is 1. The largest absolute Gasteiger partial charge is 1.00 e. The number of likely N-dealkylation sites (tertiary alicyclic amines) is 1. The number of benzene rings is 1. The molecule has 3 rings (SSSR count). The van der Waals surface area contributed by atoms with Crippen LogP contribution in [0.15, 0.2) is 49.2 Å². The van der Waals surface area contributed by atoms with Gasteiger partial charge in [0.05, 0.1) is 0 Å². The van der Waals surface area contributed by atoms with E-state index in [1.165, 1.54) is 32.2 Å². The second-order valence-electron chi connectivity index (χ2n) is 4.36. The summed E-state index contributed by atoms with van der Waals surface area (Å²) in [5.41, 5.74) is 0.627. The van der Waals surface area contributed by atoms with Crippen molar-refractivity contribution in [2.24, 2.45) is 0 Å². The van der Waals surface area contributed by atoms with Crippen LogP contribution in [0.1, 0.15) is 39.5 Å². The molecular formula is C17H28KNS. The average Bonchev–Trinajstić information content (AvgIpc) is 3.18. The molecule has 0 bridgehead atoms. The summed E-state index contributed by atoms with van der Waals surface area (Å²) in [6.07, 6.45) is 9.23. The molecule has 1 nitrogen and oxygen atoms in total. The average molecular weight is 318 g/mol. The molecule has 0 amide bonds. The quantitative estimate of drug-likeness (QED) is 0.572. The molecule has 3 heteroatoms. The maximum Gasteiger partial charge on any atom is 1.00 e. The van der Waals surface area contributed by atoms with E-state index in [1.54, 1.807) is 6.26 Å². The minimum absolute atomic E-state index is 0. The van der Waals surface area contributed by atoms with E-state index < -0.39 is 0 Å². The summed E-state index contributed by atoms with van der Waals surface area (Å²) in [5, 5.41) is 0. The van der Waals surface area contributed by atoms with Gasteiger partial charge in [-0.1, -0.05) is 56.8 Å². The van der Waals surface area contributed by atoms with Gasteiger partial charge in [0, 0.05) is 12.1 Å². The molecule has 0 atom stereocenters. The first-order valence-corrected chi connectivity index (χ1v) is 7.99. The molecule has 108 valence electrons. The van der Waals surface area contributed by atoms with E-state index >= 15 is 0 Å². The minimum Gasteiger partial charge on any atom is -0.796 e. The van der Waals surface area contributed by atoms with Crippen molar-refractivity contribution in [1.29, 1.82) is 0 Å². The van der Waals surface area contributed by atoms with Crippen LogP contribution < -0.4 is 51.4 Å². The zero-order valence-electron chi connectivity index (χ0n) is 13.6. The molecule has 2 aliphatic rings. The SMILES string of the molecule is C=CN1CCCC12CC2.CC.C[S-].[K+].c1ccccc1. The fourth-order valence-electron chi connectivity index (χ4n) is 2.31. The molecule has 0 unspecified atom stereocenters. The molecule has 1 spiro atoms. The Labute approximate surface area is 174 Å². The van der Waals surface area contributed by atoms with E-state index in [1.807, 2.05) is 56.4 Å². The van der Waals surface area contributed by atoms with Crippen LogP contribution in [0.3, 0.4) is 0 Å². The van der Waals surface area contributed by atoms with E-state index in [4.69, 9.17) is 0 Å². The Morgan fingerprint density at radius 2 is 1.35 bits per heavy atom. The third-order valence-corrected chi connectivity index (χ3v) is 3.36. The molecule has 0 radical (unpaired) electrons. The summed E-state index contributed by atoms with van der Waals surface area (Å²) < 4.78 is 0. The zero-order valence-corrected chi connectivity index (χ0v) is 17.6. The first-order chi connectivity index (χ1) is 9.37. The van der Waals surface area contributed by atoms with Gasteiger partial charge in [-0.25, -0.2) is 0 Å². The Morgan fingerprint density at radius 3 is 1.60 bits per heavy atom. The van der Waals surface area contributed by atoms with E-state index in [0.29, 0.717) is 5.54 Å². The third kappa shape index (κ3) is 8.25. The molecule has 0 N–H and O–H groups in total. The summed E-state index contributed by atoms with van der Waals surface area (Å²) >= 11 is 4.08. The predicted molar refractivity (Wildman–Crippen MR) is 89.2 cm³/mol. The van der Waals surface area contributed by atoms with Gasteiger partial charge < -0.3 is 17.5 Å². The minimum atomic E-state index is 0. The Balaban J connectivity index is 0. The molecule has 1 saturated carbocycles. The van der Waals surface area contributed by atoms with Gasteiger partial charge >= 0.3 is 51.4 Å². The molecule has 1 aliphatic carbocycles. The van der Waals surface area contributed by atoms with Crippen molar-refractivity contribution in [2.45, 2.75) is 45.1 Å². The van der Waals surface area contributed by atoms with Crippen molar-refractivity contribution >= 4 is 12.6 Å². The molecule has 1 heterocycles. The fourth-order valence-corrected chi connectivity index (χ4v) is 2.31. The van der Waals surface area contributed by atoms with E-state index in [-0.39, 0.29) is 51.4 Å². The molecule has 0 aromatic heterocycles. The van der Waals surface area contributed by atoms with Crippen LogP contribution >= 0.6 is 0 Å². The topological polar surface area (TPSA) is 3.24 Å². The standard InChI is InChI=1S/C8H13N.C6H6.C2H6.CH4S.K/c1-2-9-7-3-4-8(9)5-6-8;1-2-4-6-5-3-1;2*1-2;/h2H,1,3-7H2;1-6H;1-2H3;2H,1H3;/q;;;;+1/p-1. The maximum atomic E-state index is 4.08. The molecule has 1 aliphatic heterocycles. The summed E-state index contributed by atoms with van der Waals surface area (Å²) in [7, 11) is 0. The van der Waals surface area contributed by atoms with Crippen LogP contribution in [0.4, 0.5) is 0 Å². The summed E-state index contributed by atoms with van der Waals surface area (Å²) in [4.78, 5) is 2.42. The van der Waals surface area contributed by atoms with Gasteiger partial charge in [0.15, 0.2) is 0 Å². The summed E-state index contributed by atoms with van der Waals surface area (Å²) in [6.45, 7) is 9.06. The van der Waals surface area contributed by atoms with Gasteiger partial charge in [-0.15, -0.1) is 0 Å². The molecule has 2 fully saturated rings. The Morgan fingerprint density at radius 1 is 0.950 bits per heavy atom. The van der Waals surface area contributed by atoms with Crippen LogP contribution in [-0.2, 0) is 12.6 Å². The van der Waals surface area contributed by atoms with E-state index in [9.17, 15) is 0 Å². The Bertz CT molecular complexity index is 285. The normalized spacial score (nSPS) is 16.1. The van der Waals surface area contributed by atoms with E-state index in [0.717, 1.165) is 0 Å². The fraction of sp³-hybridized carbons (Fsp3) is 0.529. The predicted octanol–water partition coefficient (Wildman–Crippen LogP) is 1.64. The van der Waals surface area contributed by atoms with Crippen molar-refractivity contribution in [2.75, 3.05) is 12.8 Å². The van der Waals surface area contributed by atoms with Crippen molar-refractivity contribution in [1.82, 2.24) is 4.90 Å². The first kappa shape index (κ1) is 23.0. The second-order valence-corrected chi connectivity index (χ2v) is 4.36. The Kier molecular flexibility index (Phi) is 16.9. The summed E-state index contributed by atoms with van der Waals surface area (Å²) in [5.74, 6) is 0. The van der Waals surface area contributed by atoms with Gasteiger partial charge in [0.25, 0.3) is 0 Å². The molecule has 1 aromatic carbocycles. The smallest absolute Gasteiger partial charge is 0.796 e. The maximum absolute atomic E-state index is 4.08. The second kappa shape index (κ2) is 14.7. The molecule has 20 heavy (non-hydrogen) atoms. The van der Waals surface area contributed by atoms with Crippen molar-refractivity contribution in [3.05, 3.63) is 49.2 Å². The van der Waals surface area contributed by atoms with Gasteiger partial charge in [-0.05, 0) is 31.9 Å². The number of hydrogen-bond acceptors (Lipinski definition) is 2. The van der Waals surface area contributed by atoms with Crippen molar-refractivity contribution < 1.29 is 51.4 Å². The van der Waals surface area contributed by atoms with Crippen molar-refractivity contribution in [3.63, 3.8) is 0 Å². The van der Waals surface area contributed by atoms with Crippen LogP contribution in [-0.4, -0.2) is 23.2 Å². The van der Waals surface area contributed by atoms with Gasteiger partial charge in [0.2, 0.25) is 0 Å². The first-order valence-electron chi connectivity index (χ1n) is 7.18. The molecule has 1 saturated heterocycles. The monoisotopic (exact) mass is 317 g/mol. The van der Waals surface area contributed by atoms with Gasteiger partial charge in [0.1, 0.15) is 0 Å². The van der Waals surface area contributed by atoms with Crippen LogP contribution in [0, 0.1) is 0 Å². The number of hydrogen-bond donors (Lipinski definition) is 0. The Hall–Kier alpha value is 0.746. The zero-order chi connectivity index (χ0) is 14.6. The van der Waals surface area contributed by atoms with E-state index in [2.05, 4.69) is 24.1 Å². The van der Waals surface area contributed by atoms with Crippen molar-refractivity contribution in [3.8, 4) is 0 Å². The molecule has 1 aromatic rings. The van der Waals surface area contributed by atoms with Crippen LogP contribution in [0.5, 0.6) is 0 Å².